The smallest absolute Gasteiger partial charge is 0.416 e. The Morgan fingerprint density at radius 1 is 0.956 bits per heavy atom. The molecule has 0 unspecified atom stereocenters. The van der Waals surface area contributed by atoms with Gasteiger partial charge in [-0.05, 0) is 35.9 Å². The molecule has 0 fully saturated rings. The molecule has 1 N–H and O–H groups in total. The molecule has 15 heteroatoms. The second-order valence-electron chi connectivity index (χ2n) is 9.59. The number of benzene rings is 3. The third-order valence-electron chi connectivity index (χ3n) is 6.62. The lowest BCUT2D eigenvalue weighted by molar-refractivity contribution is -0.167. The number of aliphatic hydroxyl groups excluding tert-OH is 1. The van der Waals surface area contributed by atoms with Crippen LogP contribution in [-0.2, 0) is 51.8 Å². The molecule has 3 aromatic rings. The van der Waals surface area contributed by atoms with Gasteiger partial charge in [0.15, 0.2) is 19.4 Å². The number of carbonyl (C=O) groups is 4. The number of rotatable bonds is 11. The van der Waals surface area contributed by atoms with E-state index >= 15 is 4.39 Å². The van der Waals surface area contributed by atoms with E-state index in [1.165, 1.54) is 19.2 Å². The molecule has 0 aliphatic carbocycles. The molecular formula is C30H24ClF4NO9. The quantitative estimate of drug-likeness (QED) is 0.181. The zero-order valence-corrected chi connectivity index (χ0v) is 24.1. The summed E-state index contributed by atoms with van der Waals surface area (Å²) in [6.45, 7) is -2.06. The number of halogens is 5. The van der Waals surface area contributed by atoms with Crippen molar-refractivity contribution < 1.29 is 60.8 Å². The molecule has 0 spiro atoms. The Hall–Kier alpha value is -4.69. The van der Waals surface area contributed by atoms with Crippen molar-refractivity contribution >= 4 is 41.1 Å². The van der Waals surface area contributed by atoms with Crippen LogP contribution in [0.2, 0.25) is 5.02 Å². The molecule has 1 heterocycles. The minimum atomic E-state index is -4.87. The molecule has 4 rings (SSSR count). The van der Waals surface area contributed by atoms with Gasteiger partial charge >= 0.3 is 24.1 Å². The summed E-state index contributed by atoms with van der Waals surface area (Å²) in [5.74, 6) is -5.16. The monoisotopic (exact) mass is 653 g/mol. The summed E-state index contributed by atoms with van der Waals surface area (Å²) in [4.78, 5) is 50.2. The number of aliphatic hydroxyl groups is 1. The second-order valence-corrected chi connectivity index (χ2v) is 10.0. The SMILES string of the molecule is COc1ccc(Cl)cc1[C@]1(F)C(=O)N(COC(=O)C[C@H](O)C(=O)OCC(=O)OCc2ccccc2)c2cc(C(F)(F)F)ccc21. The Balaban J connectivity index is 1.43. The topological polar surface area (TPSA) is 129 Å². The maximum atomic E-state index is 16.8. The van der Waals surface area contributed by atoms with Gasteiger partial charge in [-0.15, -0.1) is 0 Å². The Morgan fingerprint density at radius 3 is 2.33 bits per heavy atom. The van der Waals surface area contributed by atoms with Crippen LogP contribution in [0.1, 0.15) is 28.7 Å². The Bertz CT molecular complexity index is 1600. The van der Waals surface area contributed by atoms with E-state index < -0.39 is 83.9 Å². The predicted octanol–water partition coefficient (Wildman–Crippen LogP) is 4.47. The van der Waals surface area contributed by atoms with E-state index in [1.807, 2.05) is 0 Å². The molecule has 45 heavy (non-hydrogen) atoms. The van der Waals surface area contributed by atoms with Gasteiger partial charge in [0.1, 0.15) is 12.4 Å². The minimum absolute atomic E-state index is 0.000653. The van der Waals surface area contributed by atoms with E-state index in [0.29, 0.717) is 22.6 Å². The Morgan fingerprint density at radius 2 is 1.67 bits per heavy atom. The fourth-order valence-corrected chi connectivity index (χ4v) is 4.59. The van der Waals surface area contributed by atoms with Gasteiger partial charge in [0, 0.05) is 16.1 Å². The van der Waals surface area contributed by atoms with Crippen LogP contribution in [0, 0.1) is 0 Å². The first-order valence-electron chi connectivity index (χ1n) is 13.0. The number of fused-ring (bicyclic) bond motifs is 1. The van der Waals surface area contributed by atoms with Gasteiger partial charge in [0.05, 0.1) is 24.8 Å². The highest BCUT2D eigenvalue weighted by Crippen LogP contribution is 2.51. The molecule has 1 aliphatic rings. The highest BCUT2D eigenvalue weighted by Gasteiger charge is 2.55. The van der Waals surface area contributed by atoms with Gasteiger partial charge in [-0.3, -0.25) is 14.5 Å². The van der Waals surface area contributed by atoms with Crippen molar-refractivity contribution in [2.75, 3.05) is 25.3 Å². The lowest BCUT2D eigenvalue weighted by Crippen LogP contribution is -2.40. The van der Waals surface area contributed by atoms with E-state index in [1.54, 1.807) is 30.3 Å². The van der Waals surface area contributed by atoms with Crippen LogP contribution in [0.15, 0.2) is 66.7 Å². The summed E-state index contributed by atoms with van der Waals surface area (Å²) in [5, 5.41) is 10.0. The van der Waals surface area contributed by atoms with Gasteiger partial charge in [-0.25, -0.2) is 14.0 Å². The number of hydrogen-bond donors (Lipinski definition) is 1. The summed E-state index contributed by atoms with van der Waals surface area (Å²) in [7, 11) is 1.19. The van der Waals surface area contributed by atoms with Gasteiger partial charge in [-0.1, -0.05) is 48.0 Å². The lowest BCUT2D eigenvalue weighted by Gasteiger charge is -2.23. The molecule has 0 aromatic heterocycles. The van der Waals surface area contributed by atoms with E-state index in [4.69, 9.17) is 25.8 Å². The number of hydrogen-bond acceptors (Lipinski definition) is 9. The molecule has 0 saturated heterocycles. The average Bonchev–Trinajstić information content (AvgIpc) is 3.23. The van der Waals surface area contributed by atoms with E-state index in [0.717, 1.165) is 12.1 Å². The Labute approximate surface area is 258 Å². The zero-order chi connectivity index (χ0) is 32.9. The number of alkyl halides is 4. The number of ether oxygens (including phenoxy) is 4. The molecule has 0 saturated carbocycles. The summed E-state index contributed by atoms with van der Waals surface area (Å²) in [5.41, 5.74) is -5.10. The van der Waals surface area contributed by atoms with E-state index in [2.05, 4.69) is 4.74 Å². The summed E-state index contributed by atoms with van der Waals surface area (Å²) in [6.07, 6.45) is -8.01. The lowest BCUT2D eigenvalue weighted by atomic mass is 9.88. The van der Waals surface area contributed by atoms with Crippen LogP contribution in [-0.4, -0.2) is 55.5 Å². The maximum absolute atomic E-state index is 16.8. The third-order valence-corrected chi connectivity index (χ3v) is 6.86. The molecule has 1 aliphatic heterocycles. The first-order valence-corrected chi connectivity index (χ1v) is 13.4. The van der Waals surface area contributed by atoms with Crippen LogP contribution >= 0.6 is 11.6 Å². The maximum Gasteiger partial charge on any atom is 0.416 e. The number of amides is 1. The highest BCUT2D eigenvalue weighted by molar-refractivity contribution is 6.30. The number of methoxy groups -OCH3 is 1. The van der Waals surface area contributed by atoms with Gasteiger partial charge in [0.25, 0.3) is 5.91 Å². The van der Waals surface area contributed by atoms with Gasteiger partial charge in [0.2, 0.25) is 5.67 Å². The fourth-order valence-electron chi connectivity index (χ4n) is 4.41. The summed E-state index contributed by atoms with van der Waals surface area (Å²) >= 11 is 6.02. The molecule has 3 aromatic carbocycles. The second kappa shape index (κ2) is 13.5. The number of anilines is 1. The van der Waals surface area contributed by atoms with Gasteiger partial charge in [-0.2, -0.15) is 13.2 Å². The van der Waals surface area contributed by atoms with E-state index in [9.17, 15) is 37.5 Å². The van der Waals surface area contributed by atoms with Crippen LogP contribution in [0.25, 0.3) is 0 Å². The molecular weight excluding hydrogens is 630 g/mol. The fraction of sp³-hybridized carbons (Fsp3) is 0.267. The van der Waals surface area contributed by atoms with Crippen LogP contribution in [0.5, 0.6) is 5.75 Å². The normalized spacial score (nSPS) is 16.5. The first-order chi connectivity index (χ1) is 21.2. The molecule has 0 radical (unpaired) electrons. The highest BCUT2D eigenvalue weighted by atomic mass is 35.5. The zero-order valence-electron chi connectivity index (χ0n) is 23.3. The van der Waals surface area contributed by atoms with Crippen molar-refractivity contribution in [3.05, 3.63) is 94.0 Å². The molecule has 238 valence electrons. The van der Waals surface area contributed by atoms with Crippen molar-refractivity contribution in [1.29, 1.82) is 0 Å². The van der Waals surface area contributed by atoms with Crippen molar-refractivity contribution in [1.82, 2.24) is 0 Å². The number of esters is 3. The average molecular weight is 654 g/mol. The van der Waals surface area contributed by atoms with Crippen molar-refractivity contribution in [3.63, 3.8) is 0 Å². The first kappa shape index (κ1) is 33.2. The van der Waals surface area contributed by atoms with Crippen LogP contribution < -0.4 is 9.64 Å². The minimum Gasteiger partial charge on any atom is -0.496 e. The van der Waals surface area contributed by atoms with E-state index in [-0.39, 0.29) is 17.4 Å². The van der Waals surface area contributed by atoms with Gasteiger partial charge < -0.3 is 24.1 Å². The van der Waals surface area contributed by atoms with Crippen LogP contribution in [0.3, 0.4) is 0 Å². The molecule has 10 nitrogen and oxygen atoms in total. The standard InChI is InChI=1S/C30H24ClF4NO9/c1-42-24-10-8-19(31)12-21(24)29(32)20-9-7-18(30(33,34)35)11-22(20)36(28(29)41)16-45-25(38)13-23(37)27(40)44-15-26(39)43-14-17-5-3-2-4-6-17/h2-12,23,37H,13-16H2,1H3/t23-,29-/m0/s1. The van der Waals surface area contributed by atoms with Crippen molar-refractivity contribution in [3.8, 4) is 5.75 Å². The van der Waals surface area contributed by atoms with Crippen molar-refractivity contribution in [2.24, 2.45) is 0 Å². The largest absolute Gasteiger partial charge is 0.496 e. The number of carbonyl (C=O) groups excluding carboxylic acids is 4. The molecule has 1 amide bonds. The molecule has 0 bridgehead atoms. The Kier molecular flexibility index (Phi) is 9.98. The summed E-state index contributed by atoms with van der Waals surface area (Å²) < 4.78 is 77.0. The van der Waals surface area contributed by atoms with Crippen molar-refractivity contribution in [2.45, 2.75) is 31.0 Å². The van der Waals surface area contributed by atoms with Crippen LogP contribution in [0.4, 0.5) is 23.2 Å². The predicted molar refractivity (Wildman–Crippen MR) is 148 cm³/mol. The third kappa shape index (κ3) is 7.35. The number of nitrogens with zero attached hydrogens (tertiary/aromatic N) is 1. The summed E-state index contributed by atoms with van der Waals surface area (Å²) in [6, 6.07) is 14.2. The molecule has 2 atom stereocenters.